The Bertz CT molecular complexity index is 1120. The lowest BCUT2D eigenvalue weighted by Gasteiger charge is -2.16. The molecule has 0 saturated heterocycles. The van der Waals surface area contributed by atoms with E-state index in [4.69, 9.17) is 14.4 Å². The molecule has 0 fully saturated rings. The number of ether oxygens (including phenoxy) is 1. The lowest BCUT2D eigenvalue weighted by Crippen LogP contribution is -2.36. The number of hydrogen-bond acceptors (Lipinski definition) is 7. The van der Waals surface area contributed by atoms with Crippen LogP contribution in [0.25, 0.3) is 22.8 Å². The fraction of sp³-hybridized carbons (Fsp3) is 0.423. The monoisotopic (exact) mass is 467 g/mol. The van der Waals surface area contributed by atoms with Crippen molar-refractivity contribution in [3.8, 4) is 28.6 Å². The van der Waals surface area contributed by atoms with E-state index >= 15 is 0 Å². The predicted octanol–water partition coefficient (Wildman–Crippen LogP) is 3.38. The second kappa shape index (κ2) is 11.3. The fourth-order valence-corrected chi connectivity index (χ4v) is 3.79. The Morgan fingerprint density at radius 2 is 1.76 bits per heavy atom. The third-order valence-corrected chi connectivity index (χ3v) is 5.46. The summed E-state index contributed by atoms with van der Waals surface area (Å²) in [5.74, 6) is 1.66. The number of nitrogens with one attached hydrogen (secondary N) is 1. The number of aliphatic hydroxyl groups is 2. The van der Waals surface area contributed by atoms with Crippen LogP contribution in [0.4, 0.5) is 0 Å². The first-order valence-electron chi connectivity index (χ1n) is 11.4. The van der Waals surface area contributed by atoms with E-state index in [1.54, 1.807) is 0 Å². The number of nitrogens with zero attached hydrogens (tertiary/aromatic N) is 2. The highest BCUT2D eigenvalue weighted by Gasteiger charge is 2.16. The number of aliphatic hydroxyl groups excluding tert-OH is 2. The number of hydrogen-bond donors (Lipinski definition) is 3. The molecular formula is C26H33N3O5. The SMILES string of the molecule is Cc1cc(-c2nc(-c3cc(C)c(OCC(O)CNC(=O)CO)c(C)c3)no2)ccc1CC(C)C. The van der Waals surface area contributed by atoms with E-state index in [2.05, 4.69) is 48.4 Å². The summed E-state index contributed by atoms with van der Waals surface area (Å²) in [4.78, 5) is 15.7. The molecule has 8 heteroatoms. The molecule has 34 heavy (non-hydrogen) atoms. The van der Waals surface area contributed by atoms with Crippen LogP contribution in [0.15, 0.2) is 34.9 Å². The van der Waals surface area contributed by atoms with E-state index in [-0.39, 0.29) is 13.2 Å². The summed E-state index contributed by atoms with van der Waals surface area (Å²) in [7, 11) is 0. The molecule has 2 aromatic carbocycles. The van der Waals surface area contributed by atoms with Crippen molar-refractivity contribution in [3.63, 3.8) is 0 Å². The van der Waals surface area contributed by atoms with E-state index in [0.717, 1.165) is 28.7 Å². The second-order valence-electron chi connectivity index (χ2n) is 9.03. The van der Waals surface area contributed by atoms with Gasteiger partial charge in [-0.2, -0.15) is 4.98 Å². The van der Waals surface area contributed by atoms with E-state index in [0.29, 0.717) is 23.4 Å². The summed E-state index contributed by atoms with van der Waals surface area (Å²) in [5, 5.41) is 25.3. The molecule has 1 heterocycles. The van der Waals surface area contributed by atoms with Crippen LogP contribution in [-0.4, -0.2) is 52.1 Å². The molecule has 3 aromatic rings. The largest absolute Gasteiger partial charge is 0.490 e. The molecule has 0 bridgehead atoms. The first kappa shape index (κ1) is 25.4. The molecule has 0 spiro atoms. The van der Waals surface area contributed by atoms with Crippen molar-refractivity contribution in [2.24, 2.45) is 5.92 Å². The highest BCUT2D eigenvalue weighted by atomic mass is 16.5. The average Bonchev–Trinajstić information content (AvgIpc) is 3.28. The number of carbonyl (C=O) groups is 1. The normalized spacial score (nSPS) is 12.1. The summed E-state index contributed by atoms with van der Waals surface area (Å²) < 4.78 is 11.3. The van der Waals surface area contributed by atoms with Crippen LogP contribution < -0.4 is 10.1 Å². The van der Waals surface area contributed by atoms with Gasteiger partial charge >= 0.3 is 0 Å². The van der Waals surface area contributed by atoms with Crippen LogP contribution in [0, 0.1) is 26.7 Å². The van der Waals surface area contributed by atoms with Crippen molar-refractivity contribution < 1.29 is 24.3 Å². The van der Waals surface area contributed by atoms with Crippen molar-refractivity contribution in [3.05, 3.63) is 52.6 Å². The van der Waals surface area contributed by atoms with E-state index in [9.17, 15) is 9.90 Å². The summed E-state index contributed by atoms with van der Waals surface area (Å²) in [6.45, 7) is 9.71. The van der Waals surface area contributed by atoms with Crippen molar-refractivity contribution in [1.29, 1.82) is 0 Å². The van der Waals surface area contributed by atoms with Gasteiger partial charge in [-0.1, -0.05) is 25.1 Å². The third-order valence-electron chi connectivity index (χ3n) is 5.46. The van der Waals surface area contributed by atoms with Crippen LogP contribution in [0.5, 0.6) is 5.75 Å². The quantitative estimate of drug-likeness (QED) is 0.418. The van der Waals surface area contributed by atoms with Crippen LogP contribution in [-0.2, 0) is 11.2 Å². The standard InChI is InChI=1S/C26H33N3O5/c1-15(2)8-19-6-7-20(9-16(19)3)26-28-25(29-34-26)21-10-17(4)24(18(5)11-21)33-14-22(31)12-27-23(32)13-30/h6-7,9-11,15,22,30-31H,8,12-14H2,1-5H3,(H,27,32). The lowest BCUT2D eigenvalue weighted by atomic mass is 9.97. The Hall–Kier alpha value is -3.23. The molecule has 1 amide bonds. The number of aryl methyl sites for hydroxylation is 3. The molecule has 3 rings (SSSR count). The van der Waals surface area contributed by atoms with Gasteiger partial charge in [-0.25, -0.2) is 0 Å². The molecule has 0 aliphatic carbocycles. The maximum Gasteiger partial charge on any atom is 0.258 e. The minimum atomic E-state index is -0.899. The number of aromatic nitrogens is 2. The molecule has 1 unspecified atom stereocenters. The van der Waals surface area contributed by atoms with Gasteiger partial charge in [-0.15, -0.1) is 0 Å². The van der Waals surface area contributed by atoms with Gasteiger partial charge in [0.25, 0.3) is 5.89 Å². The first-order valence-corrected chi connectivity index (χ1v) is 11.4. The zero-order chi connectivity index (χ0) is 24.8. The van der Waals surface area contributed by atoms with Crippen molar-refractivity contribution in [1.82, 2.24) is 15.5 Å². The average molecular weight is 468 g/mol. The van der Waals surface area contributed by atoms with Gasteiger partial charge < -0.3 is 24.8 Å². The first-order chi connectivity index (χ1) is 16.2. The molecule has 1 atom stereocenters. The Morgan fingerprint density at radius 1 is 1.09 bits per heavy atom. The van der Waals surface area contributed by atoms with Crippen molar-refractivity contribution in [2.75, 3.05) is 19.8 Å². The Kier molecular flexibility index (Phi) is 8.41. The molecule has 1 aromatic heterocycles. The highest BCUT2D eigenvalue weighted by molar-refractivity contribution is 5.76. The number of amides is 1. The second-order valence-corrected chi connectivity index (χ2v) is 9.03. The lowest BCUT2D eigenvalue weighted by molar-refractivity contribution is -0.124. The number of benzene rings is 2. The Morgan fingerprint density at radius 3 is 2.38 bits per heavy atom. The molecule has 182 valence electrons. The molecule has 0 aliphatic rings. The number of carbonyl (C=O) groups excluding carboxylic acids is 1. The zero-order valence-corrected chi connectivity index (χ0v) is 20.4. The Balaban J connectivity index is 1.72. The minimum Gasteiger partial charge on any atom is -0.490 e. The maximum atomic E-state index is 11.1. The fourth-order valence-electron chi connectivity index (χ4n) is 3.79. The predicted molar refractivity (Wildman–Crippen MR) is 130 cm³/mol. The summed E-state index contributed by atoms with van der Waals surface area (Å²) in [6.07, 6.45) is 0.131. The van der Waals surface area contributed by atoms with Crippen LogP contribution in [0.1, 0.15) is 36.1 Å². The van der Waals surface area contributed by atoms with Gasteiger partial charge in [0.05, 0.1) is 0 Å². The van der Waals surface area contributed by atoms with Crippen LogP contribution in [0.3, 0.4) is 0 Å². The zero-order valence-electron chi connectivity index (χ0n) is 20.4. The smallest absolute Gasteiger partial charge is 0.258 e. The maximum absolute atomic E-state index is 11.1. The van der Waals surface area contributed by atoms with Gasteiger partial charge in [-0.05, 0) is 79.6 Å². The van der Waals surface area contributed by atoms with Crippen molar-refractivity contribution in [2.45, 2.75) is 47.1 Å². The summed E-state index contributed by atoms with van der Waals surface area (Å²) >= 11 is 0. The van der Waals surface area contributed by atoms with E-state index in [1.807, 2.05) is 32.0 Å². The third kappa shape index (κ3) is 6.42. The topological polar surface area (TPSA) is 118 Å². The molecule has 0 saturated carbocycles. The summed E-state index contributed by atoms with van der Waals surface area (Å²) in [6, 6.07) is 10.0. The van der Waals surface area contributed by atoms with Gasteiger partial charge in [0.1, 0.15) is 25.1 Å². The van der Waals surface area contributed by atoms with Crippen LogP contribution in [0.2, 0.25) is 0 Å². The minimum absolute atomic E-state index is 0.000861. The molecular weight excluding hydrogens is 434 g/mol. The van der Waals surface area contributed by atoms with Gasteiger partial charge in [0, 0.05) is 17.7 Å². The molecule has 0 aliphatic heterocycles. The van der Waals surface area contributed by atoms with Crippen molar-refractivity contribution >= 4 is 5.91 Å². The highest BCUT2D eigenvalue weighted by Crippen LogP contribution is 2.31. The Labute approximate surface area is 200 Å². The molecule has 3 N–H and O–H groups in total. The van der Waals surface area contributed by atoms with Crippen LogP contribution >= 0.6 is 0 Å². The van der Waals surface area contributed by atoms with Gasteiger partial charge in [0.15, 0.2) is 0 Å². The van der Waals surface area contributed by atoms with Gasteiger partial charge in [-0.3, -0.25) is 4.79 Å². The van der Waals surface area contributed by atoms with Gasteiger partial charge in [0.2, 0.25) is 11.7 Å². The molecule has 8 nitrogen and oxygen atoms in total. The van der Waals surface area contributed by atoms with E-state index in [1.165, 1.54) is 11.1 Å². The summed E-state index contributed by atoms with van der Waals surface area (Å²) in [5.41, 5.74) is 5.95. The van der Waals surface area contributed by atoms with E-state index < -0.39 is 18.6 Å². The molecule has 0 radical (unpaired) electrons. The number of rotatable bonds is 10.